The average Bonchev–Trinajstić information content (AvgIpc) is 2.14. The average molecular weight is 198 g/mol. The smallest absolute Gasteiger partial charge is 0.332 e. The highest BCUT2D eigenvalue weighted by molar-refractivity contribution is 5.71. The molecule has 0 aliphatic heterocycles. The first-order valence-corrected chi connectivity index (χ1v) is 4.18. The molecule has 1 unspecified atom stereocenters. The van der Waals surface area contributed by atoms with Crippen LogP contribution in [0.25, 0.3) is 0 Å². The Hall–Kier alpha value is -1.42. The Morgan fingerprint density at radius 3 is 2.93 bits per heavy atom. The molecule has 3 nitrogen and oxygen atoms in total. The quantitative estimate of drug-likeness (QED) is 0.802. The van der Waals surface area contributed by atoms with Gasteiger partial charge in [-0.3, -0.25) is 0 Å². The molecule has 0 radical (unpaired) electrons. The van der Waals surface area contributed by atoms with Gasteiger partial charge in [-0.25, -0.2) is 9.18 Å². The minimum absolute atomic E-state index is 0.102. The van der Waals surface area contributed by atoms with Crippen LogP contribution >= 0.6 is 0 Å². The molecule has 14 heavy (non-hydrogen) atoms. The maximum atomic E-state index is 12.7. The van der Waals surface area contributed by atoms with E-state index < -0.39 is 12.1 Å². The fraction of sp³-hybridized carbons (Fsp3) is 0.300. The molecule has 0 spiro atoms. The van der Waals surface area contributed by atoms with Crippen molar-refractivity contribution in [1.82, 2.24) is 0 Å². The Labute approximate surface area is 81.1 Å². The summed E-state index contributed by atoms with van der Waals surface area (Å²) in [5.41, 5.74) is 0.623. The minimum atomic E-state index is -1.03. The maximum Gasteiger partial charge on any atom is 0.332 e. The van der Waals surface area contributed by atoms with Crippen LogP contribution in [0.2, 0.25) is 0 Å². The molecule has 76 valence electrons. The van der Waals surface area contributed by atoms with E-state index in [1.54, 1.807) is 12.1 Å². The van der Waals surface area contributed by atoms with E-state index in [0.717, 1.165) is 0 Å². The second kappa shape index (κ2) is 4.72. The number of aliphatic carboxylic acids is 1. The first-order valence-electron chi connectivity index (χ1n) is 4.18. The van der Waals surface area contributed by atoms with Gasteiger partial charge in [-0.1, -0.05) is 12.1 Å². The van der Waals surface area contributed by atoms with Crippen LogP contribution in [0.4, 0.5) is 4.39 Å². The van der Waals surface area contributed by atoms with Gasteiger partial charge in [-0.2, -0.15) is 0 Å². The van der Waals surface area contributed by atoms with Crippen LogP contribution in [-0.4, -0.2) is 17.2 Å². The number of carbonyl (C=O) groups is 1. The molecule has 0 amide bonds. The fourth-order valence-electron chi connectivity index (χ4n) is 0.919. The molecule has 4 heteroatoms. The van der Waals surface area contributed by atoms with Crippen LogP contribution < -0.4 is 0 Å². The van der Waals surface area contributed by atoms with E-state index >= 15 is 0 Å². The molecule has 1 atom stereocenters. The number of halogens is 1. The van der Waals surface area contributed by atoms with Gasteiger partial charge < -0.3 is 9.84 Å². The number of carboxylic acid groups (broad SMARTS) is 1. The van der Waals surface area contributed by atoms with Crippen molar-refractivity contribution in [2.24, 2.45) is 0 Å². The zero-order chi connectivity index (χ0) is 10.6. The van der Waals surface area contributed by atoms with Crippen LogP contribution in [0, 0.1) is 5.82 Å². The van der Waals surface area contributed by atoms with Crippen molar-refractivity contribution in [1.29, 1.82) is 0 Å². The molecule has 0 aromatic heterocycles. The van der Waals surface area contributed by atoms with E-state index in [9.17, 15) is 9.18 Å². The second-order valence-corrected chi connectivity index (χ2v) is 2.92. The lowest BCUT2D eigenvalue weighted by molar-refractivity contribution is -0.149. The topological polar surface area (TPSA) is 46.5 Å². The standard InChI is InChI=1S/C10H11FO3/c1-7(10(12)13)14-6-8-3-2-4-9(11)5-8/h2-5,7H,6H2,1H3,(H,12,13). The lowest BCUT2D eigenvalue weighted by Crippen LogP contribution is -2.19. The van der Waals surface area contributed by atoms with Gasteiger partial charge in [0.2, 0.25) is 0 Å². The lowest BCUT2D eigenvalue weighted by atomic mass is 10.2. The first kappa shape index (κ1) is 10.7. The van der Waals surface area contributed by atoms with Gasteiger partial charge in [0.25, 0.3) is 0 Å². The third-order valence-corrected chi connectivity index (χ3v) is 1.74. The van der Waals surface area contributed by atoms with Crippen molar-refractivity contribution in [3.8, 4) is 0 Å². The van der Waals surface area contributed by atoms with Crippen molar-refractivity contribution in [3.05, 3.63) is 35.6 Å². The largest absolute Gasteiger partial charge is 0.479 e. The second-order valence-electron chi connectivity index (χ2n) is 2.92. The molecule has 1 rings (SSSR count). The highest BCUT2D eigenvalue weighted by Gasteiger charge is 2.10. The molecule has 0 heterocycles. The van der Waals surface area contributed by atoms with Gasteiger partial charge in [0.15, 0.2) is 6.10 Å². The van der Waals surface area contributed by atoms with Crippen LogP contribution in [0.1, 0.15) is 12.5 Å². The van der Waals surface area contributed by atoms with E-state index in [1.165, 1.54) is 19.1 Å². The van der Waals surface area contributed by atoms with Crippen LogP contribution in [0.15, 0.2) is 24.3 Å². The summed E-state index contributed by atoms with van der Waals surface area (Å²) >= 11 is 0. The van der Waals surface area contributed by atoms with E-state index in [4.69, 9.17) is 9.84 Å². The predicted molar refractivity (Wildman–Crippen MR) is 48.3 cm³/mol. The SMILES string of the molecule is CC(OCc1cccc(F)c1)C(=O)O. The number of hydrogen-bond acceptors (Lipinski definition) is 2. The van der Waals surface area contributed by atoms with Crippen LogP contribution in [-0.2, 0) is 16.1 Å². The summed E-state index contributed by atoms with van der Waals surface area (Å²) < 4.78 is 17.7. The highest BCUT2D eigenvalue weighted by Crippen LogP contribution is 2.06. The van der Waals surface area contributed by atoms with Gasteiger partial charge in [0.1, 0.15) is 5.82 Å². The minimum Gasteiger partial charge on any atom is -0.479 e. The van der Waals surface area contributed by atoms with Crippen molar-refractivity contribution in [2.75, 3.05) is 0 Å². The Balaban J connectivity index is 2.49. The number of hydrogen-bond donors (Lipinski definition) is 1. The molecule has 0 fully saturated rings. The summed E-state index contributed by atoms with van der Waals surface area (Å²) in [4.78, 5) is 10.4. The molecule has 1 aromatic carbocycles. The Morgan fingerprint density at radius 1 is 1.64 bits per heavy atom. The third-order valence-electron chi connectivity index (χ3n) is 1.74. The van der Waals surface area contributed by atoms with Gasteiger partial charge in [-0.05, 0) is 24.6 Å². The van der Waals surface area contributed by atoms with Crippen LogP contribution in [0.5, 0.6) is 0 Å². The molecule has 0 saturated heterocycles. The summed E-state index contributed by atoms with van der Waals surface area (Å²) in [6.07, 6.45) is -0.877. The monoisotopic (exact) mass is 198 g/mol. The zero-order valence-corrected chi connectivity index (χ0v) is 7.74. The summed E-state index contributed by atoms with van der Waals surface area (Å²) in [6.45, 7) is 1.53. The van der Waals surface area contributed by atoms with Crippen molar-refractivity contribution in [3.63, 3.8) is 0 Å². The summed E-state index contributed by atoms with van der Waals surface area (Å²) in [7, 11) is 0. The van der Waals surface area contributed by atoms with Gasteiger partial charge >= 0.3 is 5.97 Å². The Morgan fingerprint density at radius 2 is 2.36 bits per heavy atom. The first-order chi connectivity index (χ1) is 6.59. The van der Waals surface area contributed by atoms with Gasteiger partial charge in [0.05, 0.1) is 6.61 Å². The number of ether oxygens (including phenoxy) is 1. The van der Waals surface area contributed by atoms with E-state index in [0.29, 0.717) is 5.56 Å². The third kappa shape index (κ3) is 3.14. The molecule has 0 saturated carbocycles. The number of carboxylic acids is 1. The number of benzene rings is 1. The summed E-state index contributed by atoms with van der Waals surface area (Å²) in [6, 6.07) is 5.87. The highest BCUT2D eigenvalue weighted by atomic mass is 19.1. The predicted octanol–water partition coefficient (Wildman–Crippen LogP) is 1.82. The Bertz CT molecular complexity index is 325. The van der Waals surface area contributed by atoms with Crippen LogP contribution in [0.3, 0.4) is 0 Å². The number of rotatable bonds is 4. The molecule has 0 aliphatic rings. The fourth-order valence-corrected chi connectivity index (χ4v) is 0.919. The zero-order valence-electron chi connectivity index (χ0n) is 7.74. The van der Waals surface area contributed by atoms with Crippen molar-refractivity contribution >= 4 is 5.97 Å². The van der Waals surface area contributed by atoms with E-state index in [1.807, 2.05) is 0 Å². The summed E-state index contributed by atoms with van der Waals surface area (Å²) in [5, 5.41) is 8.52. The van der Waals surface area contributed by atoms with E-state index in [2.05, 4.69) is 0 Å². The Kier molecular flexibility index (Phi) is 3.59. The molecule has 0 bridgehead atoms. The van der Waals surface area contributed by atoms with Crippen molar-refractivity contribution in [2.45, 2.75) is 19.6 Å². The molecule has 1 aromatic rings. The van der Waals surface area contributed by atoms with Gasteiger partial charge in [0, 0.05) is 0 Å². The molecule has 1 N–H and O–H groups in total. The maximum absolute atomic E-state index is 12.7. The molecule has 0 aliphatic carbocycles. The lowest BCUT2D eigenvalue weighted by Gasteiger charge is -2.07. The molecular formula is C10H11FO3. The summed E-state index contributed by atoms with van der Waals surface area (Å²) in [5.74, 6) is -1.38. The molecular weight excluding hydrogens is 187 g/mol. The van der Waals surface area contributed by atoms with Crippen molar-refractivity contribution < 1.29 is 19.0 Å². The van der Waals surface area contributed by atoms with Gasteiger partial charge in [-0.15, -0.1) is 0 Å². The normalized spacial score (nSPS) is 12.4. The van der Waals surface area contributed by atoms with E-state index in [-0.39, 0.29) is 12.4 Å².